The van der Waals surface area contributed by atoms with Crippen molar-refractivity contribution in [2.45, 2.75) is 52.4 Å². The van der Waals surface area contributed by atoms with Crippen molar-refractivity contribution >= 4 is 11.8 Å². The first-order valence-corrected chi connectivity index (χ1v) is 9.73. The SMILES string of the molecule is CC(C)C(=O)NCC1COCCO1.COC1CCOCC1NC(=O)C(C)C. The first-order valence-electron chi connectivity index (χ1n) is 9.73. The van der Waals surface area contributed by atoms with Crippen molar-refractivity contribution in [2.75, 3.05) is 46.7 Å². The number of amides is 2. The van der Waals surface area contributed by atoms with Gasteiger partial charge >= 0.3 is 0 Å². The molecule has 0 saturated carbocycles. The van der Waals surface area contributed by atoms with E-state index in [1.54, 1.807) is 7.11 Å². The van der Waals surface area contributed by atoms with Gasteiger partial charge in [-0.05, 0) is 6.42 Å². The second-order valence-electron chi connectivity index (χ2n) is 7.38. The van der Waals surface area contributed by atoms with Crippen LogP contribution < -0.4 is 10.6 Å². The van der Waals surface area contributed by atoms with Crippen molar-refractivity contribution < 1.29 is 28.5 Å². The maximum absolute atomic E-state index is 11.5. The second-order valence-corrected chi connectivity index (χ2v) is 7.38. The normalized spacial score (nSPS) is 25.5. The van der Waals surface area contributed by atoms with Gasteiger partial charge in [0.1, 0.15) is 0 Å². The van der Waals surface area contributed by atoms with Gasteiger partial charge in [0.2, 0.25) is 11.8 Å². The quantitative estimate of drug-likeness (QED) is 0.697. The molecular formula is C19H36N2O6. The fourth-order valence-corrected chi connectivity index (χ4v) is 2.56. The molecule has 0 bridgehead atoms. The highest BCUT2D eigenvalue weighted by Crippen LogP contribution is 2.11. The van der Waals surface area contributed by atoms with Gasteiger partial charge in [-0.15, -0.1) is 0 Å². The van der Waals surface area contributed by atoms with Crippen LogP contribution in [-0.2, 0) is 28.5 Å². The van der Waals surface area contributed by atoms with Gasteiger partial charge < -0.3 is 29.6 Å². The summed E-state index contributed by atoms with van der Waals surface area (Å²) in [6, 6.07) is 0.00338. The summed E-state index contributed by atoms with van der Waals surface area (Å²) in [6.07, 6.45) is 0.961. The molecule has 2 heterocycles. The zero-order valence-electron chi connectivity index (χ0n) is 17.3. The molecule has 8 heteroatoms. The minimum absolute atomic E-state index is 0.00338. The summed E-state index contributed by atoms with van der Waals surface area (Å²) in [4.78, 5) is 22.6. The number of nitrogens with one attached hydrogen (secondary N) is 2. The van der Waals surface area contributed by atoms with Crippen molar-refractivity contribution in [3.63, 3.8) is 0 Å². The lowest BCUT2D eigenvalue weighted by Crippen LogP contribution is -2.51. The Hall–Kier alpha value is -1.22. The van der Waals surface area contributed by atoms with Crippen LogP contribution in [0.1, 0.15) is 34.1 Å². The monoisotopic (exact) mass is 388 g/mol. The smallest absolute Gasteiger partial charge is 0.222 e. The van der Waals surface area contributed by atoms with Crippen LogP contribution in [0, 0.1) is 11.8 Å². The summed E-state index contributed by atoms with van der Waals surface area (Å²) >= 11 is 0. The van der Waals surface area contributed by atoms with Gasteiger partial charge in [0.15, 0.2) is 0 Å². The molecule has 0 spiro atoms. The minimum Gasteiger partial charge on any atom is -0.379 e. The van der Waals surface area contributed by atoms with Crippen LogP contribution in [0.2, 0.25) is 0 Å². The summed E-state index contributed by atoms with van der Waals surface area (Å²) in [6.45, 7) is 11.2. The topological polar surface area (TPSA) is 95.1 Å². The molecule has 2 N–H and O–H groups in total. The van der Waals surface area contributed by atoms with E-state index in [0.29, 0.717) is 39.6 Å². The van der Waals surface area contributed by atoms with E-state index >= 15 is 0 Å². The molecule has 158 valence electrons. The Morgan fingerprint density at radius 2 is 1.67 bits per heavy atom. The zero-order valence-corrected chi connectivity index (χ0v) is 17.3. The maximum Gasteiger partial charge on any atom is 0.222 e. The van der Waals surface area contributed by atoms with E-state index < -0.39 is 0 Å². The Bertz CT molecular complexity index is 438. The van der Waals surface area contributed by atoms with Crippen LogP contribution in [-0.4, -0.2) is 76.8 Å². The fourth-order valence-electron chi connectivity index (χ4n) is 2.56. The van der Waals surface area contributed by atoms with E-state index in [2.05, 4.69) is 10.6 Å². The number of hydrogen-bond donors (Lipinski definition) is 2. The van der Waals surface area contributed by atoms with Crippen molar-refractivity contribution in [3.8, 4) is 0 Å². The highest BCUT2D eigenvalue weighted by atomic mass is 16.6. The summed E-state index contributed by atoms with van der Waals surface area (Å²) < 4.78 is 21.2. The second kappa shape index (κ2) is 13.0. The van der Waals surface area contributed by atoms with Crippen molar-refractivity contribution in [3.05, 3.63) is 0 Å². The van der Waals surface area contributed by atoms with Gasteiger partial charge in [-0.3, -0.25) is 9.59 Å². The van der Waals surface area contributed by atoms with E-state index in [-0.39, 0.29) is 41.9 Å². The Morgan fingerprint density at radius 3 is 2.22 bits per heavy atom. The molecule has 2 fully saturated rings. The van der Waals surface area contributed by atoms with Crippen LogP contribution in [0.4, 0.5) is 0 Å². The molecular weight excluding hydrogens is 352 g/mol. The van der Waals surface area contributed by atoms with Crippen molar-refractivity contribution in [1.82, 2.24) is 10.6 Å². The highest BCUT2D eigenvalue weighted by molar-refractivity contribution is 5.78. The molecule has 3 unspecified atom stereocenters. The van der Waals surface area contributed by atoms with Gasteiger partial charge in [-0.25, -0.2) is 0 Å². The molecule has 27 heavy (non-hydrogen) atoms. The summed E-state index contributed by atoms with van der Waals surface area (Å²) in [5, 5.41) is 5.74. The summed E-state index contributed by atoms with van der Waals surface area (Å²) in [5.41, 5.74) is 0. The maximum atomic E-state index is 11.5. The molecule has 2 amide bonds. The third kappa shape index (κ3) is 9.51. The van der Waals surface area contributed by atoms with Crippen LogP contribution >= 0.6 is 0 Å². The predicted octanol–water partition coefficient (Wildman–Crippen LogP) is 0.737. The van der Waals surface area contributed by atoms with Crippen LogP contribution in [0.3, 0.4) is 0 Å². The van der Waals surface area contributed by atoms with E-state index in [4.69, 9.17) is 18.9 Å². The first-order chi connectivity index (χ1) is 12.8. The Labute approximate surface area is 162 Å². The molecule has 0 aliphatic carbocycles. The van der Waals surface area contributed by atoms with E-state index in [9.17, 15) is 9.59 Å². The van der Waals surface area contributed by atoms with E-state index in [1.807, 2.05) is 27.7 Å². The molecule has 0 aromatic rings. The van der Waals surface area contributed by atoms with E-state index in [1.165, 1.54) is 0 Å². The van der Waals surface area contributed by atoms with Gasteiger partial charge in [0.05, 0.1) is 44.7 Å². The molecule has 0 aromatic carbocycles. The first kappa shape index (κ1) is 23.8. The van der Waals surface area contributed by atoms with Gasteiger partial charge in [-0.1, -0.05) is 27.7 Å². The average Bonchev–Trinajstić information content (AvgIpc) is 2.67. The molecule has 3 atom stereocenters. The number of methoxy groups -OCH3 is 1. The third-order valence-electron chi connectivity index (χ3n) is 4.36. The number of carbonyl (C=O) groups is 2. The van der Waals surface area contributed by atoms with Crippen LogP contribution in [0.5, 0.6) is 0 Å². The molecule has 0 radical (unpaired) electrons. The van der Waals surface area contributed by atoms with Gasteiger partial charge in [-0.2, -0.15) is 0 Å². The number of ether oxygens (including phenoxy) is 4. The largest absolute Gasteiger partial charge is 0.379 e. The number of rotatable bonds is 6. The van der Waals surface area contributed by atoms with Crippen molar-refractivity contribution in [2.24, 2.45) is 11.8 Å². The Morgan fingerprint density at radius 1 is 1.00 bits per heavy atom. The minimum atomic E-state index is 0.00338. The molecule has 2 rings (SSSR count). The van der Waals surface area contributed by atoms with Crippen LogP contribution in [0.15, 0.2) is 0 Å². The van der Waals surface area contributed by atoms with Gasteiger partial charge in [0, 0.05) is 32.1 Å². The Kier molecular flexibility index (Phi) is 11.5. The molecule has 8 nitrogen and oxygen atoms in total. The molecule has 0 aromatic heterocycles. The van der Waals surface area contributed by atoms with Crippen molar-refractivity contribution in [1.29, 1.82) is 0 Å². The lowest BCUT2D eigenvalue weighted by atomic mass is 10.1. The van der Waals surface area contributed by atoms with Gasteiger partial charge in [0.25, 0.3) is 0 Å². The predicted molar refractivity (Wildman–Crippen MR) is 101 cm³/mol. The highest BCUT2D eigenvalue weighted by Gasteiger charge is 2.27. The zero-order chi connectivity index (χ0) is 20.2. The molecule has 2 aliphatic rings. The number of carbonyl (C=O) groups excluding carboxylic acids is 2. The Balaban J connectivity index is 0.000000271. The lowest BCUT2D eigenvalue weighted by molar-refractivity contribution is -0.128. The lowest BCUT2D eigenvalue weighted by Gasteiger charge is -2.31. The van der Waals surface area contributed by atoms with E-state index in [0.717, 1.165) is 6.42 Å². The van der Waals surface area contributed by atoms with Crippen LogP contribution in [0.25, 0.3) is 0 Å². The molecule has 2 aliphatic heterocycles. The summed E-state index contributed by atoms with van der Waals surface area (Å²) in [5.74, 6) is 0.163. The summed E-state index contributed by atoms with van der Waals surface area (Å²) in [7, 11) is 1.67. The molecule has 2 saturated heterocycles. The average molecular weight is 389 g/mol. The third-order valence-corrected chi connectivity index (χ3v) is 4.36. The standard InChI is InChI=1S/C10H19NO3.C9H17NO3/c1-7(2)10(12)11-8-6-14-5-4-9(8)13-3;1-7(2)9(11)10-5-8-6-12-3-4-13-8/h7-9H,4-6H2,1-3H3,(H,11,12);7-8H,3-6H2,1-2H3,(H,10,11). The number of hydrogen-bond acceptors (Lipinski definition) is 6. The fraction of sp³-hybridized carbons (Fsp3) is 0.895.